The van der Waals surface area contributed by atoms with Gasteiger partial charge in [0, 0.05) is 6.42 Å². The lowest BCUT2D eigenvalue weighted by atomic mass is 10.2. The van der Waals surface area contributed by atoms with Gasteiger partial charge in [-0.2, -0.15) is 0 Å². The standard InChI is InChI=1S/C14H24O2/c1-3-5-7-9-10-12-14(15)16-13-11-8-6-4-2/h5-8H,3-4,9-13H2,1-2H3/b7-5-,8-6?. The summed E-state index contributed by atoms with van der Waals surface area (Å²) in [5.41, 5.74) is 0. The van der Waals surface area contributed by atoms with Gasteiger partial charge < -0.3 is 4.74 Å². The zero-order valence-corrected chi connectivity index (χ0v) is 10.6. The highest BCUT2D eigenvalue weighted by molar-refractivity contribution is 5.69. The van der Waals surface area contributed by atoms with E-state index in [1.807, 2.05) is 0 Å². The van der Waals surface area contributed by atoms with Crippen LogP contribution in [0.1, 0.15) is 52.4 Å². The van der Waals surface area contributed by atoms with Crippen LogP contribution in [0.2, 0.25) is 0 Å². The molecule has 0 radical (unpaired) electrons. The summed E-state index contributed by atoms with van der Waals surface area (Å²) in [5.74, 6) is -0.0743. The summed E-state index contributed by atoms with van der Waals surface area (Å²) < 4.78 is 5.08. The van der Waals surface area contributed by atoms with Crippen molar-refractivity contribution in [1.82, 2.24) is 0 Å². The molecular formula is C14H24O2. The summed E-state index contributed by atoms with van der Waals surface area (Å²) in [5, 5.41) is 0. The number of esters is 1. The second-order valence-electron chi connectivity index (χ2n) is 3.66. The number of rotatable bonds is 9. The number of unbranched alkanes of at least 4 members (excludes halogenated alkanes) is 1. The first-order chi connectivity index (χ1) is 7.81. The van der Waals surface area contributed by atoms with Gasteiger partial charge in [-0.15, -0.1) is 0 Å². The van der Waals surface area contributed by atoms with Crippen molar-refractivity contribution >= 4 is 5.97 Å². The molecule has 0 fully saturated rings. The number of carbonyl (C=O) groups excluding carboxylic acids is 1. The Labute approximate surface area is 99.4 Å². The summed E-state index contributed by atoms with van der Waals surface area (Å²) >= 11 is 0. The van der Waals surface area contributed by atoms with Crippen molar-refractivity contribution in [2.24, 2.45) is 0 Å². The van der Waals surface area contributed by atoms with Crippen molar-refractivity contribution in [3.8, 4) is 0 Å². The Kier molecular flexibility index (Phi) is 11.2. The highest BCUT2D eigenvalue weighted by atomic mass is 16.5. The molecule has 0 heterocycles. The maximum Gasteiger partial charge on any atom is 0.305 e. The van der Waals surface area contributed by atoms with Gasteiger partial charge in [0.25, 0.3) is 0 Å². The monoisotopic (exact) mass is 224 g/mol. The van der Waals surface area contributed by atoms with E-state index in [9.17, 15) is 4.79 Å². The molecule has 0 aromatic heterocycles. The van der Waals surface area contributed by atoms with E-state index in [2.05, 4.69) is 38.2 Å². The molecule has 0 spiro atoms. The number of allylic oxidation sites excluding steroid dienone is 3. The molecule has 0 saturated heterocycles. The lowest BCUT2D eigenvalue weighted by molar-refractivity contribution is -0.143. The van der Waals surface area contributed by atoms with E-state index >= 15 is 0 Å². The Morgan fingerprint density at radius 3 is 2.25 bits per heavy atom. The molecule has 2 nitrogen and oxygen atoms in total. The Balaban J connectivity index is 3.31. The van der Waals surface area contributed by atoms with Crippen LogP contribution in [0.5, 0.6) is 0 Å². The third-order valence-electron chi connectivity index (χ3n) is 2.10. The summed E-state index contributed by atoms with van der Waals surface area (Å²) in [6.07, 6.45) is 13.7. The molecule has 0 saturated carbocycles. The summed E-state index contributed by atoms with van der Waals surface area (Å²) in [7, 11) is 0. The van der Waals surface area contributed by atoms with Crippen molar-refractivity contribution in [1.29, 1.82) is 0 Å². The van der Waals surface area contributed by atoms with Gasteiger partial charge >= 0.3 is 5.97 Å². The first-order valence-corrected chi connectivity index (χ1v) is 6.26. The van der Waals surface area contributed by atoms with Crippen LogP contribution in [0.25, 0.3) is 0 Å². The van der Waals surface area contributed by atoms with Crippen molar-refractivity contribution in [2.75, 3.05) is 6.61 Å². The quantitative estimate of drug-likeness (QED) is 0.336. The maximum atomic E-state index is 11.2. The van der Waals surface area contributed by atoms with Crippen LogP contribution in [0.3, 0.4) is 0 Å². The van der Waals surface area contributed by atoms with E-state index in [4.69, 9.17) is 4.74 Å². The molecule has 2 heteroatoms. The smallest absolute Gasteiger partial charge is 0.305 e. The van der Waals surface area contributed by atoms with Crippen molar-refractivity contribution in [2.45, 2.75) is 52.4 Å². The molecule has 0 N–H and O–H groups in total. The normalized spacial score (nSPS) is 11.4. The first-order valence-electron chi connectivity index (χ1n) is 6.26. The van der Waals surface area contributed by atoms with E-state index in [0.29, 0.717) is 13.0 Å². The van der Waals surface area contributed by atoms with Gasteiger partial charge in [-0.05, 0) is 32.1 Å². The predicted molar refractivity (Wildman–Crippen MR) is 68.3 cm³/mol. The Hall–Kier alpha value is -1.05. The van der Waals surface area contributed by atoms with Gasteiger partial charge in [0.05, 0.1) is 6.61 Å². The summed E-state index contributed by atoms with van der Waals surface area (Å²) in [6, 6.07) is 0. The highest BCUT2D eigenvalue weighted by Crippen LogP contribution is 2.00. The van der Waals surface area contributed by atoms with Gasteiger partial charge in [-0.3, -0.25) is 4.79 Å². The first kappa shape index (κ1) is 14.9. The molecule has 0 amide bonds. The lowest BCUT2D eigenvalue weighted by Crippen LogP contribution is -2.04. The zero-order valence-electron chi connectivity index (χ0n) is 10.6. The fourth-order valence-corrected chi connectivity index (χ4v) is 1.25. The van der Waals surface area contributed by atoms with Crippen molar-refractivity contribution in [3.63, 3.8) is 0 Å². The molecule has 0 atom stereocenters. The van der Waals surface area contributed by atoms with E-state index in [1.54, 1.807) is 0 Å². The molecule has 92 valence electrons. The predicted octanol–water partition coefficient (Wildman–Crippen LogP) is 4.02. The molecule has 16 heavy (non-hydrogen) atoms. The molecule has 0 aromatic rings. The lowest BCUT2D eigenvalue weighted by Gasteiger charge is -2.01. The largest absolute Gasteiger partial charge is 0.465 e. The number of ether oxygens (including phenoxy) is 1. The fraction of sp³-hybridized carbons (Fsp3) is 0.643. The minimum Gasteiger partial charge on any atom is -0.465 e. The van der Waals surface area contributed by atoms with Crippen LogP contribution in [-0.4, -0.2) is 12.6 Å². The fourth-order valence-electron chi connectivity index (χ4n) is 1.25. The second kappa shape index (κ2) is 12.0. The molecule has 0 aliphatic carbocycles. The van der Waals surface area contributed by atoms with Crippen molar-refractivity contribution in [3.05, 3.63) is 24.3 Å². The molecule has 0 aliphatic rings. The minimum absolute atomic E-state index is 0.0743. The summed E-state index contributed by atoms with van der Waals surface area (Å²) in [6.45, 7) is 4.71. The maximum absolute atomic E-state index is 11.2. The van der Waals surface area contributed by atoms with Gasteiger partial charge in [-0.1, -0.05) is 38.2 Å². The van der Waals surface area contributed by atoms with Crippen LogP contribution in [0.15, 0.2) is 24.3 Å². The van der Waals surface area contributed by atoms with Crippen LogP contribution in [-0.2, 0) is 9.53 Å². The zero-order chi connectivity index (χ0) is 12.1. The van der Waals surface area contributed by atoms with Crippen LogP contribution in [0, 0.1) is 0 Å². The molecule has 0 bridgehead atoms. The van der Waals surface area contributed by atoms with Crippen LogP contribution >= 0.6 is 0 Å². The second-order valence-corrected chi connectivity index (χ2v) is 3.66. The Morgan fingerprint density at radius 2 is 1.62 bits per heavy atom. The highest BCUT2D eigenvalue weighted by Gasteiger charge is 1.99. The van der Waals surface area contributed by atoms with E-state index in [1.165, 1.54) is 0 Å². The molecule has 0 aliphatic heterocycles. The number of carbonyl (C=O) groups is 1. The molecule has 0 aromatic carbocycles. The van der Waals surface area contributed by atoms with E-state index < -0.39 is 0 Å². The van der Waals surface area contributed by atoms with Crippen molar-refractivity contribution < 1.29 is 9.53 Å². The summed E-state index contributed by atoms with van der Waals surface area (Å²) in [4.78, 5) is 11.2. The Morgan fingerprint density at radius 1 is 1.00 bits per heavy atom. The van der Waals surface area contributed by atoms with Gasteiger partial charge in [-0.25, -0.2) is 0 Å². The minimum atomic E-state index is -0.0743. The molecule has 0 unspecified atom stereocenters. The number of hydrogen-bond acceptors (Lipinski definition) is 2. The Bertz CT molecular complexity index is 195. The molecule has 0 rings (SSSR count). The average Bonchev–Trinajstić information content (AvgIpc) is 2.28. The van der Waals surface area contributed by atoms with E-state index in [0.717, 1.165) is 32.1 Å². The van der Waals surface area contributed by atoms with Crippen LogP contribution in [0.4, 0.5) is 0 Å². The topological polar surface area (TPSA) is 26.3 Å². The van der Waals surface area contributed by atoms with Gasteiger partial charge in [0.15, 0.2) is 0 Å². The number of hydrogen-bond donors (Lipinski definition) is 0. The van der Waals surface area contributed by atoms with Crippen LogP contribution < -0.4 is 0 Å². The van der Waals surface area contributed by atoms with Gasteiger partial charge in [0.2, 0.25) is 0 Å². The third kappa shape index (κ3) is 11.0. The SMILES string of the molecule is CCC=CCCOC(=O)CCC/C=C\CC. The van der Waals surface area contributed by atoms with Gasteiger partial charge in [0.1, 0.15) is 0 Å². The van der Waals surface area contributed by atoms with E-state index in [-0.39, 0.29) is 5.97 Å². The third-order valence-corrected chi connectivity index (χ3v) is 2.10. The molecular weight excluding hydrogens is 200 g/mol. The average molecular weight is 224 g/mol.